The highest BCUT2D eigenvalue weighted by molar-refractivity contribution is 7.92. The molecule has 0 radical (unpaired) electrons. The van der Waals surface area contributed by atoms with Crippen molar-refractivity contribution in [3.05, 3.63) is 0 Å². The van der Waals surface area contributed by atoms with Gasteiger partial charge in [0.1, 0.15) is 0 Å². The Kier molecular flexibility index (Phi) is 4.34. The fraction of sp³-hybridized carbons (Fsp3) is 1.00. The van der Waals surface area contributed by atoms with Crippen LogP contribution in [0.25, 0.3) is 0 Å². The Balaban J connectivity index is 2.32. The van der Waals surface area contributed by atoms with E-state index >= 15 is 0 Å². The molecule has 0 aromatic rings. The fourth-order valence-electron chi connectivity index (χ4n) is 1.43. The van der Waals surface area contributed by atoms with Crippen LogP contribution >= 0.6 is 0 Å². The van der Waals surface area contributed by atoms with Crippen molar-refractivity contribution in [2.24, 2.45) is 0 Å². The first-order chi connectivity index (χ1) is 6.52. The van der Waals surface area contributed by atoms with Gasteiger partial charge in [-0.3, -0.25) is 4.90 Å². The second kappa shape index (κ2) is 5.09. The molecule has 0 bridgehead atoms. The maximum absolute atomic E-state index is 11.5. The summed E-state index contributed by atoms with van der Waals surface area (Å²) in [5, 5.41) is 3.00. The van der Waals surface area contributed by atoms with E-state index in [0.29, 0.717) is 12.3 Å². The maximum atomic E-state index is 11.5. The number of nitrogens with zero attached hydrogens (tertiary/aromatic N) is 1. The fourth-order valence-corrected chi connectivity index (χ4v) is 2.41. The molecule has 1 fully saturated rings. The van der Waals surface area contributed by atoms with Crippen molar-refractivity contribution in [1.82, 2.24) is 10.2 Å². The first-order valence-electron chi connectivity index (χ1n) is 5.17. The molecule has 5 heteroatoms. The van der Waals surface area contributed by atoms with Gasteiger partial charge in [-0.05, 0) is 13.8 Å². The summed E-state index contributed by atoms with van der Waals surface area (Å²) in [6.07, 6.45) is 0. The molecule has 84 valence electrons. The summed E-state index contributed by atoms with van der Waals surface area (Å²) < 4.78 is 23.1. The highest BCUT2D eigenvalue weighted by Gasteiger charge is 2.18. The lowest BCUT2D eigenvalue weighted by molar-refractivity contribution is 0.253. The lowest BCUT2D eigenvalue weighted by Gasteiger charge is -2.27. The van der Waals surface area contributed by atoms with Gasteiger partial charge in [-0.1, -0.05) is 0 Å². The zero-order valence-corrected chi connectivity index (χ0v) is 9.81. The van der Waals surface area contributed by atoms with Crippen molar-refractivity contribution in [3.8, 4) is 0 Å². The van der Waals surface area contributed by atoms with Crippen LogP contribution in [-0.4, -0.2) is 57.0 Å². The molecular weight excluding hydrogens is 200 g/mol. The van der Waals surface area contributed by atoms with Crippen molar-refractivity contribution in [2.45, 2.75) is 19.1 Å². The summed E-state index contributed by atoms with van der Waals surface area (Å²) in [4.78, 5) is 2.20. The maximum Gasteiger partial charge on any atom is 0.153 e. The summed E-state index contributed by atoms with van der Waals surface area (Å²) in [6.45, 7) is 8.05. The molecule has 0 saturated carbocycles. The molecule has 4 nitrogen and oxygen atoms in total. The second-order valence-corrected chi connectivity index (χ2v) is 6.68. The van der Waals surface area contributed by atoms with E-state index in [0.717, 1.165) is 26.2 Å². The molecule has 14 heavy (non-hydrogen) atoms. The van der Waals surface area contributed by atoms with Gasteiger partial charge in [0.15, 0.2) is 9.84 Å². The lowest BCUT2D eigenvalue weighted by atomic mass is 10.4. The lowest BCUT2D eigenvalue weighted by Crippen LogP contribution is -2.45. The van der Waals surface area contributed by atoms with Crippen LogP contribution in [-0.2, 0) is 9.84 Å². The number of hydrogen-bond donors (Lipinski definition) is 1. The summed E-state index contributed by atoms with van der Waals surface area (Å²) in [6, 6.07) is 0. The minimum absolute atomic E-state index is 0.245. The van der Waals surface area contributed by atoms with Gasteiger partial charge in [0.25, 0.3) is 0 Å². The zero-order valence-electron chi connectivity index (χ0n) is 8.99. The van der Waals surface area contributed by atoms with Crippen molar-refractivity contribution < 1.29 is 8.42 Å². The quantitative estimate of drug-likeness (QED) is 0.707. The summed E-state index contributed by atoms with van der Waals surface area (Å²) >= 11 is 0. The molecule has 0 amide bonds. The van der Waals surface area contributed by atoms with Gasteiger partial charge in [0, 0.05) is 32.7 Å². The van der Waals surface area contributed by atoms with Gasteiger partial charge in [0.05, 0.1) is 11.0 Å². The van der Waals surface area contributed by atoms with Crippen LogP contribution in [0, 0.1) is 0 Å². The highest BCUT2D eigenvalue weighted by atomic mass is 32.2. The van der Waals surface area contributed by atoms with E-state index in [9.17, 15) is 8.42 Å². The third-order valence-corrected chi connectivity index (χ3v) is 4.81. The van der Waals surface area contributed by atoms with E-state index < -0.39 is 9.84 Å². The standard InChI is InChI=1S/C9H20N2O2S/c1-9(2)14(12,13)8-7-11-5-3-10-4-6-11/h9-10H,3-8H2,1-2H3. The average molecular weight is 220 g/mol. The molecule has 0 atom stereocenters. The third-order valence-electron chi connectivity index (χ3n) is 2.62. The van der Waals surface area contributed by atoms with Crippen LogP contribution in [0.1, 0.15) is 13.8 Å². The van der Waals surface area contributed by atoms with Gasteiger partial charge in [-0.15, -0.1) is 0 Å². The van der Waals surface area contributed by atoms with Gasteiger partial charge < -0.3 is 5.32 Å². The third kappa shape index (κ3) is 3.55. The number of piperazine rings is 1. The number of rotatable bonds is 4. The van der Waals surface area contributed by atoms with Crippen molar-refractivity contribution in [2.75, 3.05) is 38.5 Å². The van der Waals surface area contributed by atoms with E-state index in [-0.39, 0.29) is 5.25 Å². The highest BCUT2D eigenvalue weighted by Crippen LogP contribution is 2.02. The predicted octanol–water partition coefficient (Wildman–Crippen LogP) is -0.285. The largest absolute Gasteiger partial charge is 0.314 e. The molecule has 1 heterocycles. The molecule has 1 aliphatic heterocycles. The van der Waals surface area contributed by atoms with Crippen LogP contribution < -0.4 is 5.32 Å². The first-order valence-corrected chi connectivity index (χ1v) is 6.88. The molecule has 0 aliphatic carbocycles. The molecule has 0 aromatic heterocycles. The summed E-state index contributed by atoms with van der Waals surface area (Å²) in [5.41, 5.74) is 0. The van der Waals surface area contributed by atoms with Gasteiger partial charge >= 0.3 is 0 Å². The molecular formula is C9H20N2O2S. The summed E-state index contributed by atoms with van der Waals surface area (Å²) in [5.74, 6) is 0.296. The Bertz CT molecular complexity index is 256. The number of nitrogens with one attached hydrogen (secondary N) is 1. The normalized spacial score (nSPS) is 20.2. The Morgan fingerprint density at radius 3 is 2.36 bits per heavy atom. The monoisotopic (exact) mass is 220 g/mol. The van der Waals surface area contributed by atoms with E-state index in [4.69, 9.17) is 0 Å². The Morgan fingerprint density at radius 2 is 1.86 bits per heavy atom. The van der Waals surface area contributed by atoms with Crippen LogP contribution in [0.4, 0.5) is 0 Å². The second-order valence-electron chi connectivity index (χ2n) is 4.01. The molecule has 0 unspecified atom stereocenters. The molecule has 1 aliphatic rings. The smallest absolute Gasteiger partial charge is 0.153 e. The van der Waals surface area contributed by atoms with Gasteiger partial charge in [0.2, 0.25) is 0 Å². The Labute approximate surface area is 86.6 Å². The van der Waals surface area contributed by atoms with E-state index in [1.54, 1.807) is 13.8 Å². The number of hydrogen-bond acceptors (Lipinski definition) is 4. The van der Waals surface area contributed by atoms with Crippen LogP contribution in [0.2, 0.25) is 0 Å². The SMILES string of the molecule is CC(C)S(=O)(=O)CCN1CCNCC1. The van der Waals surface area contributed by atoms with Gasteiger partial charge in [-0.25, -0.2) is 8.42 Å². The van der Waals surface area contributed by atoms with Gasteiger partial charge in [-0.2, -0.15) is 0 Å². The molecule has 0 aromatic carbocycles. The molecule has 1 rings (SSSR count). The van der Waals surface area contributed by atoms with Crippen molar-refractivity contribution in [1.29, 1.82) is 0 Å². The average Bonchev–Trinajstić information content (AvgIpc) is 2.16. The first kappa shape index (κ1) is 11.9. The van der Waals surface area contributed by atoms with E-state index in [1.165, 1.54) is 0 Å². The number of sulfone groups is 1. The van der Waals surface area contributed by atoms with E-state index in [1.807, 2.05) is 0 Å². The Morgan fingerprint density at radius 1 is 1.29 bits per heavy atom. The van der Waals surface area contributed by atoms with Crippen LogP contribution in [0.3, 0.4) is 0 Å². The van der Waals surface area contributed by atoms with Crippen molar-refractivity contribution >= 4 is 9.84 Å². The van der Waals surface area contributed by atoms with Crippen LogP contribution in [0.15, 0.2) is 0 Å². The molecule has 0 spiro atoms. The Hall–Kier alpha value is -0.130. The zero-order chi connectivity index (χ0) is 10.6. The molecule has 1 saturated heterocycles. The minimum Gasteiger partial charge on any atom is -0.314 e. The van der Waals surface area contributed by atoms with Crippen LogP contribution in [0.5, 0.6) is 0 Å². The minimum atomic E-state index is -2.86. The van der Waals surface area contributed by atoms with E-state index in [2.05, 4.69) is 10.2 Å². The molecule has 1 N–H and O–H groups in total. The summed E-state index contributed by atoms with van der Waals surface area (Å²) in [7, 11) is -2.86. The predicted molar refractivity (Wildman–Crippen MR) is 58.2 cm³/mol. The topological polar surface area (TPSA) is 49.4 Å². The van der Waals surface area contributed by atoms with Crippen molar-refractivity contribution in [3.63, 3.8) is 0 Å².